The van der Waals surface area contributed by atoms with Crippen molar-refractivity contribution >= 4 is 11.8 Å². The maximum Gasteiger partial charge on any atom is 0.573 e. The molecule has 0 aromatic heterocycles. The van der Waals surface area contributed by atoms with Crippen molar-refractivity contribution in [2.45, 2.75) is 6.36 Å². The molecule has 0 unspecified atom stereocenters. The van der Waals surface area contributed by atoms with Crippen LogP contribution in [0, 0.1) is 5.82 Å². The van der Waals surface area contributed by atoms with E-state index in [9.17, 15) is 22.4 Å². The number of benzene rings is 2. The second kappa shape index (κ2) is 6.33. The van der Waals surface area contributed by atoms with Gasteiger partial charge in [0, 0.05) is 11.8 Å². The van der Waals surface area contributed by atoms with Gasteiger partial charge in [0.1, 0.15) is 17.3 Å². The fourth-order valence-electron chi connectivity index (χ4n) is 1.55. The molecule has 0 aliphatic rings. The Kier molecular flexibility index (Phi) is 4.50. The van der Waals surface area contributed by atoms with Crippen LogP contribution in [0.5, 0.6) is 11.5 Å². The monoisotopic (exact) mass is 315 g/mol. The van der Waals surface area contributed by atoms with E-state index in [-0.39, 0.29) is 11.4 Å². The number of hydrogen-bond donors (Lipinski definition) is 1. The highest BCUT2D eigenvalue weighted by molar-refractivity contribution is 5.86. The molecule has 0 atom stereocenters. The fourth-order valence-corrected chi connectivity index (χ4v) is 1.55. The van der Waals surface area contributed by atoms with Gasteiger partial charge in [0.15, 0.2) is 0 Å². The molecule has 0 spiro atoms. The minimum atomic E-state index is -4.84. The molecule has 116 valence electrons. The summed E-state index contributed by atoms with van der Waals surface area (Å²) >= 11 is 0. The summed E-state index contributed by atoms with van der Waals surface area (Å²) < 4.78 is 57.7. The summed E-state index contributed by atoms with van der Waals surface area (Å²) in [5, 5.41) is 2.23. The summed E-state index contributed by atoms with van der Waals surface area (Å²) in [6, 6.07) is 9.51. The summed E-state index contributed by atoms with van der Waals surface area (Å²) in [6.45, 7) is 0. The van der Waals surface area contributed by atoms with Crippen molar-refractivity contribution in [2.75, 3.05) is 5.32 Å². The number of alkyl halides is 3. The number of amides is 1. The van der Waals surface area contributed by atoms with E-state index in [1.807, 2.05) is 0 Å². The Morgan fingerprint density at radius 1 is 1.00 bits per heavy atom. The van der Waals surface area contributed by atoms with Gasteiger partial charge in [-0.25, -0.2) is 9.18 Å². The average Bonchev–Trinajstić information content (AvgIpc) is 2.36. The largest absolute Gasteiger partial charge is 0.573 e. The van der Waals surface area contributed by atoms with Crippen LogP contribution in [0.15, 0.2) is 48.5 Å². The maximum absolute atomic E-state index is 12.9. The lowest BCUT2D eigenvalue weighted by Gasteiger charge is -2.10. The van der Waals surface area contributed by atoms with E-state index in [4.69, 9.17) is 4.74 Å². The van der Waals surface area contributed by atoms with Crippen molar-refractivity contribution in [3.05, 3.63) is 54.3 Å². The molecule has 1 amide bonds. The van der Waals surface area contributed by atoms with Crippen molar-refractivity contribution in [3.63, 3.8) is 0 Å². The number of carbonyl (C=O) groups is 1. The molecular weight excluding hydrogens is 306 g/mol. The molecular formula is C14H9F4NO3. The van der Waals surface area contributed by atoms with Crippen LogP contribution in [0.2, 0.25) is 0 Å². The first kappa shape index (κ1) is 15.6. The van der Waals surface area contributed by atoms with Gasteiger partial charge in [-0.15, -0.1) is 13.2 Å². The summed E-state index contributed by atoms with van der Waals surface area (Å²) in [7, 11) is 0. The van der Waals surface area contributed by atoms with Gasteiger partial charge in [0.2, 0.25) is 0 Å². The Balaban J connectivity index is 2.01. The van der Waals surface area contributed by atoms with Crippen molar-refractivity contribution < 1.29 is 31.8 Å². The number of halogens is 4. The predicted molar refractivity (Wildman–Crippen MR) is 69.2 cm³/mol. The smallest absolute Gasteiger partial charge is 0.410 e. The van der Waals surface area contributed by atoms with E-state index < -0.39 is 24.0 Å². The van der Waals surface area contributed by atoms with E-state index in [0.717, 1.165) is 18.2 Å². The Bertz CT molecular complexity index is 673. The van der Waals surface area contributed by atoms with E-state index in [1.54, 1.807) is 0 Å². The lowest BCUT2D eigenvalue weighted by Crippen LogP contribution is -2.18. The molecule has 0 heterocycles. The quantitative estimate of drug-likeness (QED) is 0.857. The number of carbonyl (C=O) groups excluding carboxylic acids is 1. The van der Waals surface area contributed by atoms with Crippen LogP contribution in [0.25, 0.3) is 0 Å². The number of hydrogen-bond acceptors (Lipinski definition) is 3. The van der Waals surface area contributed by atoms with Crippen molar-refractivity contribution in [2.24, 2.45) is 0 Å². The van der Waals surface area contributed by atoms with E-state index >= 15 is 0 Å². The zero-order chi connectivity index (χ0) is 16.2. The highest BCUT2D eigenvalue weighted by Gasteiger charge is 2.31. The topological polar surface area (TPSA) is 47.6 Å². The van der Waals surface area contributed by atoms with Crippen molar-refractivity contribution in [1.82, 2.24) is 0 Å². The molecule has 1 N–H and O–H groups in total. The van der Waals surface area contributed by atoms with Crippen LogP contribution in [-0.4, -0.2) is 12.5 Å². The second-order valence-electron chi connectivity index (χ2n) is 4.05. The lowest BCUT2D eigenvalue weighted by molar-refractivity contribution is -0.274. The molecule has 4 nitrogen and oxygen atoms in total. The van der Waals surface area contributed by atoms with Gasteiger partial charge in [-0.2, -0.15) is 0 Å². The van der Waals surface area contributed by atoms with Crippen LogP contribution in [0.4, 0.5) is 28.0 Å². The first-order valence-electron chi connectivity index (χ1n) is 5.92. The van der Waals surface area contributed by atoms with Gasteiger partial charge in [-0.1, -0.05) is 12.1 Å². The third-order valence-electron chi connectivity index (χ3n) is 2.32. The molecule has 8 heteroatoms. The van der Waals surface area contributed by atoms with Crippen molar-refractivity contribution in [3.8, 4) is 11.5 Å². The fraction of sp³-hybridized carbons (Fsp3) is 0.0714. The SMILES string of the molecule is O=C(Nc1cccc(F)c1)Oc1cccc(OC(F)(F)F)c1. The van der Waals surface area contributed by atoms with Crippen LogP contribution in [0.1, 0.15) is 0 Å². The zero-order valence-corrected chi connectivity index (χ0v) is 10.9. The minimum Gasteiger partial charge on any atom is -0.410 e. The first-order chi connectivity index (χ1) is 10.3. The van der Waals surface area contributed by atoms with Gasteiger partial charge < -0.3 is 9.47 Å². The predicted octanol–water partition coefficient (Wildman–Crippen LogP) is 4.34. The van der Waals surface area contributed by atoms with Crippen molar-refractivity contribution in [1.29, 1.82) is 0 Å². The average molecular weight is 315 g/mol. The molecule has 22 heavy (non-hydrogen) atoms. The molecule has 2 aromatic carbocycles. The first-order valence-corrected chi connectivity index (χ1v) is 5.92. The second-order valence-corrected chi connectivity index (χ2v) is 4.05. The Labute approximate surface area is 122 Å². The number of nitrogens with one attached hydrogen (secondary N) is 1. The standard InChI is InChI=1S/C14H9F4NO3/c15-9-3-1-4-10(7-9)19-13(20)21-11-5-2-6-12(8-11)22-14(16,17)18/h1-8H,(H,19,20). The van der Waals surface area contributed by atoms with Gasteiger partial charge >= 0.3 is 12.5 Å². The molecule has 0 aliphatic heterocycles. The maximum atomic E-state index is 12.9. The molecule has 0 saturated heterocycles. The minimum absolute atomic E-state index is 0.146. The number of rotatable bonds is 3. The lowest BCUT2D eigenvalue weighted by atomic mass is 10.3. The zero-order valence-electron chi connectivity index (χ0n) is 10.9. The number of anilines is 1. The summed E-state index contributed by atoms with van der Waals surface area (Å²) in [4.78, 5) is 11.6. The van der Waals surface area contributed by atoms with E-state index in [0.29, 0.717) is 0 Å². The third kappa shape index (κ3) is 4.97. The van der Waals surface area contributed by atoms with E-state index in [1.165, 1.54) is 30.3 Å². The Morgan fingerprint density at radius 3 is 2.36 bits per heavy atom. The Morgan fingerprint density at radius 2 is 1.68 bits per heavy atom. The van der Waals surface area contributed by atoms with E-state index in [2.05, 4.69) is 10.1 Å². The highest BCUT2D eigenvalue weighted by atomic mass is 19.4. The molecule has 2 aromatic rings. The van der Waals surface area contributed by atoms with Crippen LogP contribution in [0.3, 0.4) is 0 Å². The molecule has 0 bridgehead atoms. The van der Waals surface area contributed by atoms with Gasteiger partial charge in [0.25, 0.3) is 0 Å². The molecule has 0 radical (unpaired) electrons. The van der Waals surface area contributed by atoms with Crippen LogP contribution < -0.4 is 14.8 Å². The number of ether oxygens (including phenoxy) is 2. The summed E-state index contributed by atoms with van der Waals surface area (Å²) in [5.41, 5.74) is 0.146. The van der Waals surface area contributed by atoms with Gasteiger partial charge in [-0.3, -0.25) is 5.32 Å². The summed E-state index contributed by atoms with van der Waals surface area (Å²) in [6.07, 6.45) is -5.82. The molecule has 0 aliphatic carbocycles. The molecule has 2 rings (SSSR count). The molecule has 0 saturated carbocycles. The van der Waals surface area contributed by atoms with Gasteiger partial charge in [0.05, 0.1) is 0 Å². The van der Waals surface area contributed by atoms with Gasteiger partial charge in [-0.05, 0) is 30.3 Å². The highest BCUT2D eigenvalue weighted by Crippen LogP contribution is 2.26. The van der Waals surface area contributed by atoms with Crippen LogP contribution in [-0.2, 0) is 0 Å². The Hall–Kier alpha value is -2.77. The third-order valence-corrected chi connectivity index (χ3v) is 2.32. The van der Waals surface area contributed by atoms with Crippen LogP contribution >= 0.6 is 0 Å². The molecule has 0 fully saturated rings. The normalized spacial score (nSPS) is 10.9. The summed E-state index contributed by atoms with van der Waals surface area (Å²) in [5.74, 6) is -1.24.